The predicted molar refractivity (Wildman–Crippen MR) is 16.2 cm³/mol. The molecule has 0 unspecified atom stereocenters. The zero-order valence-electron chi connectivity index (χ0n) is 3.36. The van der Waals surface area contributed by atoms with Crippen LogP contribution in [0.2, 0.25) is 0 Å². The van der Waals surface area contributed by atoms with E-state index < -0.39 is 0 Å². The van der Waals surface area contributed by atoms with Gasteiger partial charge in [-0.3, -0.25) is 0 Å². The first kappa shape index (κ1) is 9.03. The molecule has 0 bridgehead atoms. The molecule has 0 heterocycles. The Morgan fingerprint density at radius 3 is 1.80 bits per heavy atom. The van der Waals surface area contributed by atoms with Crippen molar-refractivity contribution >= 4 is 0 Å². The Kier molecular flexibility index (Phi) is 5.35. The molecule has 0 fully saturated rings. The fourth-order valence-corrected chi connectivity index (χ4v) is 0. The smallest absolute Gasteiger partial charge is 0 e. The molecule has 0 aromatic heterocycles. The van der Waals surface area contributed by atoms with E-state index in [4.69, 9.17) is 5.11 Å². The monoisotopic (exact) mass is 325 g/mol. The third kappa shape index (κ3) is 2.52. The van der Waals surface area contributed by atoms with Gasteiger partial charge in [0.05, 0.1) is 0 Å². The van der Waals surface area contributed by atoms with Crippen LogP contribution >= 0.6 is 0 Å². The van der Waals surface area contributed by atoms with Crippen LogP contribution in [-0.4, -0.2) is 5.11 Å². The Morgan fingerprint density at radius 1 is 1.80 bits per heavy atom. The van der Waals surface area contributed by atoms with Gasteiger partial charge in [0.2, 0.25) is 0 Å². The summed E-state index contributed by atoms with van der Waals surface area (Å²) in [6.45, 7) is 4.64. The fraction of sp³-hybridized carbons (Fsp3) is 0.333. The van der Waals surface area contributed by atoms with Gasteiger partial charge in [-0.2, -0.15) is 13.8 Å². The summed E-state index contributed by atoms with van der Waals surface area (Å²) in [5.74, 6) is 0. The van der Waals surface area contributed by atoms with E-state index >= 15 is 0 Å². The molecule has 1 N–H and O–H groups in total. The summed E-state index contributed by atoms with van der Waals surface area (Å²) < 4.78 is 0. The van der Waals surface area contributed by atoms with Crippen LogP contribution < -0.4 is 0 Å². The zero-order chi connectivity index (χ0) is 3.58. The minimum Gasteiger partial charge on any atom is -0.563 e. The van der Waals surface area contributed by atoms with Crippen LogP contribution in [0, 0.1) is 13.0 Å². The van der Waals surface area contributed by atoms with Crippen LogP contribution in [0.3, 0.4) is 0 Å². The molecule has 5 heavy (non-hydrogen) atoms. The Hall–Kier alpha value is -1.04. The molecule has 1 radical (unpaired) electrons. The van der Waals surface area contributed by atoms with Crippen LogP contribution in [0.5, 0.6) is 0 Å². The SMILES string of the molecule is [CH2][C-](C)O.[Rf]. The summed E-state index contributed by atoms with van der Waals surface area (Å²) in [6.07, 6.45) is 0.167. The van der Waals surface area contributed by atoms with E-state index in [1.54, 1.807) is 0 Å². The number of aliphatic hydroxyl groups is 1. The van der Waals surface area contributed by atoms with E-state index in [1.807, 2.05) is 0 Å². The van der Waals surface area contributed by atoms with Crippen molar-refractivity contribution in [2.24, 2.45) is 0 Å². The molecule has 0 aliphatic carbocycles. The van der Waals surface area contributed by atoms with Crippen molar-refractivity contribution < 1.29 is 5.11 Å². The topological polar surface area (TPSA) is 20.2 Å². The van der Waals surface area contributed by atoms with Gasteiger partial charge in [-0.1, -0.05) is 0 Å². The van der Waals surface area contributed by atoms with Gasteiger partial charge in [0, 0.05) is 0 Å². The van der Waals surface area contributed by atoms with Gasteiger partial charge in [0.15, 0.2) is 0 Å². The largest absolute Gasteiger partial charge is 0.563 e. The molecule has 0 atom stereocenters. The van der Waals surface area contributed by atoms with E-state index in [-0.39, 0.29) is 6.10 Å². The van der Waals surface area contributed by atoms with Gasteiger partial charge in [-0.15, -0.1) is 0 Å². The standard InChI is InChI=1S/C3H6O.Rf/c1-3(2)4;/h4H,1H2,2H3;/q-1;. The molecule has 0 rings (SSSR count). The van der Waals surface area contributed by atoms with Crippen molar-refractivity contribution in [1.82, 2.24) is 0 Å². The zero-order valence-corrected chi connectivity index (χ0v) is 9.76. The number of hydrogen-bond acceptors (Lipinski definition) is 1. The molecule has 0 saturated carbocycles. The van der Waals surface area contributed by atoms with Crippen molar-refractivity contribution in [2.75, 3.05) is 0 Å². The molecule has 0 aromatic carbocycles. The van der Waals surface area contributed by atoms with Crippen LogP contribution in [0.25, 0.3) is 0 Å². The van der Waals surface area contributed by atoms with Crippen molar-refractivity contribution in [3.05, 3.63) is 13.0 Å². The Bertz CT molecular complexity index is 11.6. The fourth-order valence-electron chi connectivity index (χ4n) is 0. The summed E-state index contributed by atoms with van der Waals surface area (Å²) in [7, 11) is 0. The second kappa shape index (κ2) is 2.96. The first-order valence-corrected chi connectivity index (χ1v) is 1.08. The minimum absolute atomic E-state index is 0. The Balaban J connectivity index is 0. The average molecular weight is 325 g/mol. The molecular formula is C3H6ORf-. The van der Waals surface area contributed by atoms with E-state index in [0.29, 0.717) is 0 Å². The molecule has 0 aliphatic rings. The van der Waals surface area contributed by atoms with Gasteiger partial charge < -0.3 is 5.11 Å². The number of aliphatic hydroxyl groups excluding tert-OH is 1. The summed E-state index contributed by atoms with van der Waals surface area (Å²) in [6, 6.07) is 0. The van der Waals surface area contributed by atoms with E-state index in [9.17, 15) is 0 Å². The summed E-state index contributed by atoms with van der Waals surface area (Å²) in [5.41, 5.74) is 0. The van der Waals surface area contributed by atoms with Crippen molar-refractivity contribution in [1.29, 1.82) is 0 Å². The summed E-state index contributed by atoms with van der Waals surface area (Å²) >= 11 is 0. The second-order valence-electron chi connectivity index (χ2n) is 0.735. The molecule has 0 spiro atoms. The van der Waals surface area contributed by atoms with Crippen LogP contribution in [0.1, 0.15) is 6.92 Å². The quantitative estimate of drug-likeness (QED) is 0.652. The summed E-state index contributed by atoms with van der Waals surface area (Å²) in [5, 5.41) is 7.86. The van der Waals surface area contributed by atoms with Crippen LogP contribution in [0.15, 0.2) is 0 Å². The van der Waals surface area contributed by atoms with Crippen LogP contribution in [-0.2, 0) is 0 Å². The van der Waals surface area contributed by atoms with Gasteiger partial charge >= 0.3 is 0 Å². The maximum Gasteiger partial charge on any atom is 0 e. The van der Waals surface area contributed by atoms with Gasteiger partial charge in [-0.25, -0.2) is 6.10 Å². The molecule has 1 nitrogen and oxygen atoms in total. The van der Waals surface area contributed by atoms with E-state index in [0.717, 1.165) is 0 Å². The van der Waals surface area contributed by atoms with E-state index in [2.05, 4.69) is 6.92 Å². The van der Waals surface area contributed by atoms with Gasteiger partial charge in [0.25, 0.3) is 0 Å². The summed E-state index contributed by atoms with van der Waals surface area (Å²) in [4.78, 5) is 0. The Labute approximate surface area is 26.3 Å². The molecule has 0 amide bonds. The number of hydrogen-bond donors (Lipinski definition) is 1. The van der Waals surface area contributed by atoms with Crippen molar-refractivity contribution in [3.63, 3.8) is 0 Å². The van der Waals surface area contributed by atoms with Gasteiger partial charge in [0.1, 0.15) is 0 Å². The van der Waals surface area contributed by atoms with Crippen LogP contribution in [0.4, 0.5) is 0 Å². The maximum atomic E-state index is 7.86. The molecule has 0 aromatic rings. The first-order valence-electron chi connectivity index (χ1n) is 1.08. The molecule has 0 saturated heterocycles. The predicted octanol–water partition coefficient (Wildman–Crippen LogP) is 0.745. The third-order valence-corrected chi connectivity index (χ3v) is 0. The third-order valence-electron chi connectivity index (χ3n) is 0. The second-order valence-corrected chi connectivity index (χ2v) is 0.735. The van der Waals surface area contributed by atoms with Crippen molar-refractivity contribution in [3.8, 4) is 0 Å². The average Bonchev–Trinajstić information content (AvgIpc) is 0.811. The first-order chi connectivity index (χ1) is 1.73. The Morgan fingerprint density at radius 2 is 1.80 bits per heavy atom. The van der Waals surface area contributed by atoms with Crippen molar-refractivity contribution in [2.45, 2.75) is 6.92 Å². The molecule has 27 valence electrons. The maximum absolute atomic E-state index is 7.86. The molecule has 2 heteroatoms. The molecule has 0 aliphatic heterocycles. The minimum atomic E-state index is 0. The molecular weight excluding hydrogens is 319 g/mol. The van der Waals surface area contributed by atoms with Gasteiger partial charge in [-0.05, 0) is 0 Å². The normalized spacial score (nSPS) is 7.20. The van der Waals surface area contributed by atoms with E-state index in [1.165, 1.54) is 6.92 Å². The number of rotatable bonds is 0.